The van der Waals surface area contributed by atoms with E-state index in [9.17, 15) is 4.39 Å². The highest BCUT2D eigenvalue weighted by molar-refractivity contribution is 5.94. The van der Waals surface area contributed by atoms with E-state index in [1.807, 2.05) is 32.1 Å². The summed E-state index contributed by atoms with van der Waals surface area (Å²) >= 11 is 0. The molecule has 0 spiro atoms. The number of aromatic nitrogens is 3. The van der Waals surface area contributed by atoms with Crippen molar-refractivity contribution < 1.29 is 9.13 Å². The van der Waals surface area contributed by atoms with Crippen molar-refractivity contribution in [3.8, 4) is 5.75 Å². The first-order chi connectivity index (χ1) is 15.6. The van der Waals surface area contributed by atoms with Gasteiger partial charge in [0, 0.05) is 41.8 Å². The zero-order chi connectivity index (χ0) is 22.5. The normalized spacial score (nSPS) is 14.8. The Labute approximate surface area is 185 Å². The Kier molecular flexibility index (Phi) is 6.34. The third-order valence-corrected chi connectivity index (χ3v) is 5.10. The molecule has 1 saturated heterocycles. The van der Waals surface area contributed by atoms with E-state index < -0.39 is 5.82 Å². The first kappa shape index (κ1) is 21.4. The quantitative estimate of drug-likeness (QED) is 0.360. The van der Waals surface area contributed by atoms with Crippen LogP contribution < -0.4 is 10.1 Å². The third-order valence-electron chi connectivity index (χ3n) is 5.10. The van der Waals surface area contributed by atoms with Crippen molar-refractivity contribution >= 4 is 35.3 Å². The van der Waals surface area contributed by atoms with Gasteiger partial charge < -0.3 is 19.9 Å². The van der Waals surface area contributed by atoms with Gasteiger partial charge in [-0.2, -0.15) is 5.10 Å². The average molecular weight is 436 g/mol. The molecule has 0 saturated carbocycles. The highest BCUT2D eigenvalue weighted by atomic mass is 19.1. The van der Waals surface area contributed by atoms with Gasteiger partial charge in [0.15, 0.2) is 24.1 Å². The molecule has 32 heavy (non-hydrogen) atoms. The number of anilines is 1. The lowest BCUT2D eigenvalue weighted by atomic mass is 10.2. The highest BCUT2D eigenvalue weighted by Gasteiger charge is 2.18. The number of hydrogen-bond acceptors (Lipinski definition) is 5. The van der Waals surface area contributed by atoms with Crippen LogP contribution in [0.3, 0.4) is 0 Å². The summed E-state index contributed by atoms with van der Waals surface area (Å²) in [6.07, 6.45) is 6.71. The molecule has 4 rings (SSSR count). The molecule has 1 aliphatic heterocycles. The molecule has 0 radical (unpaired) electrons. The Bertz CT molecular complexity index is 1200. The molecule has 3 heterocycles. The molecule has 0 unspecified atom stereocenters. The number of nitrogens with one attached hydrogen (secondary N) is 3. The van der Waals surface area contributed by atoms with Gasteiger partial charge >= 0.3 is 0 Å². The molecule has 1 aromatic carbocycles. The van der Waals surface area contributed by atoms with Crippen LogP contribution >= 0.6 is 0 Å². The van der Waals surface area contributed by atoms with E-state index in [-0.39, 0.29) is 12.5 Å². The second-order valence-corrected chi connectivity index (χ2v) is 7.44. The molecule has 3 aromatic rings. The SMILES string of the molecule is C=N/C(=C\C(=N/COc1ccc2[nH]c(C)cc2c1F)N1CCC1)Nc1cc(/C=C/C)[nH]n1. The summed E-state index contributed by atoms with van der Waals surface area (Å²) in [5.41, 5.74) is 2.51. The van der Waals surface area contributed by atoms with Gasteiger partial charge in [-0.3, -0.25) is 5.10 Å². The van der Waals surface area contributed by atoms with Crippen LogP contribution in [0, 0.1) is 12.7 Å². The van der Waals surface area contributed by atoms with Gasteiger partial charge in [0.2, 0.25) is 0 Å². The van der Waals surface area contributed by atoms with Crippen LogP contribution in [0.4, 0.5) is 10.2 Å². The van der Waals surface area contributed by atoms with E-state index in [4.69, 9.17) is 4.74 Å². The Morgan fingerprint density at radius 2 is 2.22 bits per heavy atom. The largest absolute Gasteiger partial charge is 0.468 e. The summed E-state index contributed by atoms with van der Waals surface area (Å²) in [6.45, 7) is 9.21. The molecule has 9 heteroatoms. The molecular weight excluding hydrogens is 409 g/mol. The van der Waals surface area contributed by atoms with Crippen LogP contribution in [0.15, 0.2) is 52.2 Å². The van der Waals surface area contributed by atoms with Crippen LogP contribution in [0.25, 0.3) is 17.0 Å². The number of aliphatic imine (C=N–C) groups is 2. The number of H-pyrrole nitrogens is 2. The van der Waals surface area contributed by atoms with Crippen LogP contribution in [0.1, 0.15) is 24.7 Å². The number of nitrogens with zero attached hydrogens (tertiary/aromatic N) is 4. The standard InChI is InChI=1S/C23H26FN7O/c1-4-6-16-12-21(30-29-16)28-20(25-3)13-22(31-9-5-10-31)26-14-32-19-8-7-18-17(23(19)24)11-15(2)27-18/h4,6-8,11-13,27H,3,5,9-10,14H2,1-2H3,(H2,28,29,30)/b6-4+,20-13+,26-22+. The molecule has 1 fully saturated rings. The van der Waals surface area contributed by atoms with Crippen molar-refractivity contribution in [1.29, 1.82) is 0 Å². The Morgan fingerprint density at radius 3 is 2.94 bits per heavy atom. The number of ether oxygens (including phenoxy) is 1. The van der Waals surface area contributed by atoms with Crippen molar-refractivity contribution in [3.05, 3.63) is 59.4 Å². The molecule has 0 amide bonds. The fourth-order valence-electron chi connectivity index (χ4n) is 3.39. The average Bonchev–Trinajstić information content (AvgIpc) is 3.34. The fraction of sp³-hybridized carbons (Fsp3) is 0.261. The fourth-order valence-corrected chi connectivity index (χ4v) is 3.39. The van der Waals surface area contributed by atoms with Gasteiger partial charge in [0.25, 0.3) is 0 Å². The molecule has 0 bridgehead atoms. The lowest BCUT2D eigenvalue weighted by molar-refractivity contribution is 0.286. The third kappa shape index (κ3) is 4.72. The van der Waals surface area contributed by atoms with E-state index in [1.165, 1.54) is 0 Å². The number of likely N-dealkylation sites (tertiary alicyclic amines) is 1. The lowest BCUT2D eigenvalue weighted by Gasteiger charge is -2.33. The minimum absolute atomic E-state index is 0.0214. The van der Waals surface area contributed by atoms with E-state index in [0.717, 1.165) is 36.4 Å². The summed E-state index contributed by atoms with van der Waals surface area (Å²) in [4.78, 5) is 13.8. The van der Waals surface area contributed by atoms with Gasteiger partial charge in [-0.15, -0.1) is 0 Å². The van der Waals surface area contributed by atoms with Crippen LogP contribution in [0.2, 0.25) is 0 Å². The van der Waals surface area contributed by atoms with Crippen molar-refractivity contribution in [2.45, 2.75) is 20.3 Å². The monoisotopic (exact) mass is 435 g/mol. The number of amidine groups is 1. The second-order valence-electron chi connectivity index (χ2n) is 7.44. The van der Waals surface area contributed by atoms with Crippen molar-refractivity contribution in [2.24, 2.45) is 9.98 Å². The molecule has 1 aliphatic rings. The number of allylic oxidation sites excluding steroid dienone is 1. The molecule has 0 aliphatic carbocycles. The molecular formula is C23H26FN7O. The maximum Gasteiger partial charge on any atom is 0.181 e. The smallest absolute Gasteiger partial charge is 0.181 e. The molecule has 166 valence electrons. The topological polar surface area (TPSA) is 93.7 Å². The van der Waals surface area contributed by atoms with Crippen LogP contribution in [-0.2, 0) is 0 Å². The number of rotatable bonds is 8. The number of hydrogen-bond donors (Lipinski definition) is 3. The number of aryl methyl sites for hydroxylation is 1. The zero-order valence-corrected chi connectivity index (χ0v) is 18.2. The summed E-state index contributed by atoms with van der Waals surface area (Å²) in [6, 6.07) is 7.04. The van der Waals surface area contributed by atoms with Gasteiger partial charge in [0.05, 0.1) is 5.69 Å². The van der Waals surface area contributed by atoms with Crippen molar-refractivity contribution in [1.82, 2.24) is 20.1 Å². The van der Waals surface area contributed by atoms with E-state index >= 15 is 0 Å². The first-order valence-electron chi connectivity index (χ1n) is 10.4. The Balaban J connectivity index is 1.49. The van der Waals surface area contributed by atoms with E-state index in [1.54, 1.807) is 24.3 Å². The van der Waals surface area contributed by atoms with Crippen molar-refractivity contribution in [2.75, 3.05) is 25.1 Å². The number of benzene rings is 1. The zero-order valence-electron chi connectivity index (χ0n) is 18.2. The number of aromatic amines is 2. The molecule has 0 atom stereocenters. The minimum Gasteiger partial charge on any atom is -0.468 e. The molecule has 3 N–H and O–H groups in total. The Hall–Kier alpha value is -3.88. The summed E-state index contributed by atoms with van der Waals surface area (Å²) in [7, 11) is 0. The Morgan fingerprint density at radius 1 is 1.38 bits per heavy atom. The van der Waals surface area contributed by atoms with Gasteiger partial charge in [-0.1, -0.05) is 6.08 Å². The minimum atomic E-state index is -0.395. The van der Waals surface area contributed by atoms with E-state index in [2.05, 4.69) is 42.1 Å². The van der Waals surface area contributed by atoms with Gasteiger partial charge in [-0.25, -0.2) is 14.4 Å². The van der Waals surface area contributed by atoms with E-state index in [0.29, 0.717) is 22.9 Å². The summed E-state index contributed by atoms with van der Waals surface area (Å²) < 4.78 is 20.4. The summed E-state index contributed by atoms with van der Waals surface area (Å²) in [5, 5.41) is 10.8. The first-order valence-corrected chi connectivity index (χ1v) is 10.4. The van der Waals surface area contributed by atoms with Gasteiger partial charge in [0.1, 0.15) is 11.7 Å². The maximum atomic E-state index is 14.7. The predicted octanol–water partition coefficient (Wildman–Crippen LogP) is 4.47. The molecule has 8 nitrogen and oxygen atoms in total. The maximum absolute atomic E-state index is 14.7. The van der Waals surface area contributed by atoms with Crippen molar-refractivity contribution in [3.63, 3.8) is 0 Å². The number of halogens is 1. The summed E-state index contributed by atoms with van der Waals surface area (Å²) in [5.74, 6) is 1.58. The predicted molar refractivity (Wildman–Crippen MR) is 127 cm³/mol. The molecule has 2 aromatic heterocycles. The van der Waals surface area contributed by atoms with Crippen LogP contribution in [0.5, 0.6) is 5.75 Å². The second kappa shape index (κ2) is 9.51. The lowest BCUT2D eigenvalue weighted by Crippen LogP contribution is -2.41. The number of fused-ring (bicyclic) bond motifs is 1. The highest BCUT2D eigenvalue weighted by Crippen LogP contribution is 2.27. The van der Waals surface area contributed by atoms with Crippen LogP contribution in [-0.4, -0.2) is 52.5 Å². The van der Waals surface area contributed by atoms with Gasteiger partial charge in [-0.05, 0) is 51.3 Å².